The van der Waals surface area contributed by atoms with Gasteiger partial charge in [0.05, 0.1) is 0 Å². The van der Waals surface area contributed by atoms with E-state index in [4.69, 9.17) is 5.73 Å². The molecule has 0 amide bonds. The minimum Gasteiger partial charge on any atom is -0.386 e. The summed E-state index contributed by atoms with van der Waals surface area (Å²) in [6, 6.07) is 4.63. The Bertz CT molecular complexity index is 1290. The molecule has 0 bridgehead atoms. The summed E-state index contributed by atoms with van der Waals surface area (Å²) in [7, 11) is -4.37. The van der Waals surface area contributed by atoms with Gasteiger partial charge in [0.25, 0.3) is 6.43 Å². The summed E-state index contributed by atoms with van der Waals surface area (Å²) >= 11 is 0. The number of nitrogens with zero attached hydrogens (tertiary/aromatic N) is 2. The number of sulfone groups is 1. The number of alkyl halides is 3. The Morgan fingerprint density at radius 2 is 1.94 bits per heavy atom. The normalized spacial score (nSPS) is 25.2. The number of pyridine rings is 1. The molecule has 1 aliphatic heterocycles. The van der Waals surface area contributed by atoms with Gasteiger partial charge >= 0.3 is 0 Å². The van der Waals surface area contributed by atoms with E-state index in [0.717, 1.165) is 25.3 Å². The van der Waals surface area contributed by atoms with Gasteiger partial charge < -0.3 is 5.73 Å². The first kappa shape index (κ1) is 23.3. The molecule has 2 N–H and O–H groups in total. The minimum absolute atomic E-state index is 0.0296. The lowest BCUT2D eigenvalue weighted by molar-refractivity contribution is 0.0986. The van der Waals surface area contributed by atoms with Crippen molar-refractivity contribution in [2.75, 3.05) is 0 Å². The third kappa shape index (κ3) is 3.53. The van der Waals surface area contributed by atoms with Crippen LogP contribution < -0.4 is 5.73 Å². The SMILES string of the molecule is Cc1cc(C(F)F)cnc1C(=O)Cc1ccc(F)c([C@@]2(C)N=C(N)C3(CC3)S(=O)(=O)[C@@H]2F)c1. The third-order valence-electron chi connectivity index (χ3n) is 6.34. The number of halogens is 4. The number of nitrogens with two attached hydrogens (primary N) is 1. The molecule has 1 aliphatic carbocycles. The Kier molecular flexibility index (Phi) is 5.38. The number of amidine groups is 1. The lowest BCUT2D eigenvalue weighted by Gasteiger charge is -2.37. The van der Waals surface area contributed by atoms with E-state index in [0.29, 0.717) is 0 Å². The predicted octanol–water partition coefficient (Wildman–Crippen LogP) is 3.72. The molecule has 0 radical (unpaired) electrons. The first-order valence-corrected chi connectivity index (χ1v) is 11.7. The fourth-order valence-corrected chi connectivity index (χ4v) is 6.42. The van der Waals surface area contributed by atoms with Gasteiger partial charge in [-0.3, -0.25) is 14.8 Å². The van der Waals surface area contributed by atoms with Crippen molar-refractivity contribution in [3.63, 3.8) is 0 Å². The fourth-order valence-electron chi connectivity index (χ4n) is 4.23. The van der Waals surface area contributed by atoms with Crippen LogP contribution in [0.3, 0.4) is 0 Å². The van der Waals surface area contributed by atoms with Gasteiger partial charge in [-0.25, -0.2) is 26.0 Å². The number of ketones is 1. The van der Waals surface area contributed by atoms with Crippen molar-refractivity contribution in [1.82, 2.24) is 4.98 Å². The molecule has 1 aromatic heterocycles. The van der Waals surface area contributed by atoms with E-state index in [-0.39, 0.29) is 53.0 Å². The molecule has 6 nitrogen and oxygen atoms in total. The van der Waals surface area contributed by atoms with Crippen molar-refractivity contribution in [3.05, 3.63) is 64.2 Å². The van der Waals surface area contributed by atoms with Crippen molar-refractivity contribution in [2.24, 2.45) is 10.7 Å². The summed E-state index contributed by atoms with van der Waals surface area (Å²) in [5.41, 5.74) is 1.04. The zero-order valence-corrected chi connectivity index (χ0v) is 18.6. The van der Waals surface area contributed by atoms with E-state index >= 15 is 4.39 Å². The summed E-state index contributed by atoms with van der Waals surface area (Å²) in [5, 5.41) is 0. The topological polar surface area (TPSA) is 102 Å². The van der Waals surface area contributed by atoms with Crippen molar-refractivity contribution >= 4 is 21.5 Å². The van der Waals surface area contributed by atoms with Gasteiger partial charge in [0, 0.05) is 23.7 Å². The minimum atomic E-state index is -4.37. The van der Waals surface area contributed by atoms with Crippen LogP contribution in [0, 0.1) is 12.7 Å². The molecule has 1 aromatic carbocycles. The Morgan fingerprint density at radius 3 is 2.52 bits per heavy atom. The molecule has 2 aromatic rings. The summed E-state index contributed by atoms with van der Waals surface area (Å²) in [4.78, 5) is 20.6. The van der Waals surface area contributed by atoms with Crippen LogP contribution in [0.4, 0.5) is 17.6 Å². The monoisotopic (exact) mass is 483 g/mol. The zero-order valence-electron chi connectivity index (χ0n) is 17.8. The highest BCUT2D eigenvalue weighted by molar-refractivity contribution is 7.94. The van der Waals surface area contributed by atoms with Crippen LogP contribution in [0.25, 0.3) is 0 Å². The second-order valence-electron chi connectivity index (χ2n) is 8.65. The summed E-state index contributed by atoms with van der Waals surface area (Å²) in [6.07, 6.45) is -1.79. The maximum atomic E-state index is 15.3. The van der Waals surface area contributed by atoms with Crippen LogP contribution >= 0.6 is 0 Å². The van der Waals surface area contributed by atoms with E-state index < -0.39 is 43.7 Å². The predicted molar refractivity (Wildman–Crippen MR) is 113 cm³/mol. The van der Waals surface area contributed by atoms with E-state index in [1.54, 1.807) is 0 Å². The number of aryl methyl sites for hydroxylation is 1. The second-order valence-corrected chi connectivity index (χ2v) is 10.9. The highest BCUT2D eigenvalue weighted by atomic mass is 32.2. The highest BCUT2D eigenvalue weighted by Gasteiger charge is 2.67. The molecule has 1 saturated carbocycles. The van der Waals surface area contributed by atoms with Crippen LogP contribution in [-0.4, -0.2) is 35.3 Å². The molecule has 1 spiro atoms. The average molecular weight is 483 g/mol. The number of rotatable bonds is 5. The number of carbonyl (C=O) groups is 1. The van der Waals surface area contributed by atoms with Gasteiger partial charge in [-0.2, -0.15) is 0 Å². The quantitative estimate of drug-likeness (QED) is 0.516. The number of aromatic nitrogens is 1. The van der Waals surface area contributed by atoms with E-state index in [2.05, 4.69) is 9.98 Å². The Morgan fingerprint density at radius 1 is 1.27 bits per heavy atom. The van der Waals surface area contributed by atoms with Gasteiger partial charge in [-0.1, -0.05) is 6.07 Å². The molecule has 0 unspecified atom stereocenters. The number of Topliss-reactive ketones (excluding diaryl/α,β-unsaturated/α-hetero) is 1. The first-order valence-electron chi connectivity index (χ1n) is 10.1. The molecule has 0 saturated heterocycles. The van der Waals surface area contributed by atoms with E-state index in [1.165, 1.54) is 19.1 Å². The number of hydrogen-bond donors (Lipinski definition) is 1. The van der Waals surface area contributed by atoms with Gasteiger partial charge in [-0.05, 0) is 56.0 Å². The molecule has 2 atom stereocenters. The molecule has 11 heteroatoms. The molecule has 2 heterocycles. The number of benzene rings is 1. The van der Waals surface area contributed by atoms with Crippen LogP contribution in [0.2, 0.25) is 0 Å². The number of hydrogen-bond acceptors (Lipinski definition) is 6. The lowest BCUT2D eigenvalue weighted by atomic mass is 9.90. The highest BCUT2D eigenvalue weighted by Crippen LogP contribution is 2.53. The van der Waals surface area contributed by atoms with Crippen molar-refractivity contribution in [3.8, 4) is 0 Å². The Hall–Kier alpha value is -2.82. The van der Waals surface area contributed by atoms with Gasteiger partial charge in [0.2, 0.25) is 5.50 Å². The van der Waals surface area contributed by atoms with Crippen LogP contribution in [0.5, 0.6) is 0 Å². The molecular weight excluding hydrogens is 462 g/mol. The molecule has 4 rings (SSSR count). The van der Waals surface area contributed by atoms with Crippen molar-refractivity contribution in [2.45, 2.75) is 55.3 Å². The summed E-state index contributed by atoms with van der Waals surface area (Å²) in [5.74, 6) is -1.67. The molecule has 1 fully saturated rings. The molecule has 2 aliphatic rings. The average Bonchev–Trinajstić information content (AvgIpc) is 3.56. The van der Waals surface area contributed by atoms with Crippen LogP contribution in [0.15, 0.2) is 35.5 Å². The summed E-state index contributed by atoms with van der Waals surface area (Å²) in [6.45, 7) is 2.62. The van der Waals surface area contributed by atoms with Crippen molar-refractivity contribution < 1.29 is 30.8 Å². The maximum absolute atomic E-state index is 15.3. The van der Waals surface area contributed by atoms with Crippen molar-refractivity contribution in [1.29, 1.82) is 0 Å². The van der Waals surface area contributed by atoms with Gasteiger partial charge in [0.1, 0.15) is 27.6 Å². The molecular formula is C22H21F4N3O3S. The van der Waals surface area contributed by atoms with E-state index in [9.17, 15) is 26.4 Å². The third-order valence-corrected chi connectivity index (χ3v) is 9.05. The standard InChI is InChI=1S/C22H21F4N3O3S/c1-11-7-13(18(24)25)10-28-17(11)16(30)9-12-3-4-15(23)14(8-12)21(2)19(26)33(31,32)22(5-6-22)20(27)29-21/h3-4,7-8,10,18-19H,5-6,9H2,1-2H3,(H2,27,29)/t19-,21+/m0/s1. The zero-order chi connectivity index (χ0) is 24.3. The number of aliphatic imine (C=N–C) groups is 1. The maximum Gasteiger partial charge on any atom is 0.265 e. The van der Waals surface area contributed by atoms with Crippen LogP contribution in [-0.2, 0) is 21.8 Å². The largest absolute Gasteiger partial charge is 0.386 e. The lowest BCUT2D eigenvalue weighted by Crippen LogP contribution is -2.54. The fraction of sp³-hybridized carbons (Fsp3) is 0.409. The smallest absolute Gasteiger partial charge is 0.265 e. The Balaban J connectivity index is 1.69. The molecule has 33 heavy (non-hydrogen) atoms. The van der Waals surface area contributed by atoms with Gasteiger partial charge in [-0.15, -0.1) is 0 Å². The first-order chi connectivity index (χ1) is 15.3. The number of carbonyl (C=O) groups excluding carboxylic acids is 1. The Labute approximate surface area is 187 Å². The molecule has 176 valence electrons. The van der Waals surface area contributed by atoms with Gasteiger partial charge in [0.15, 0.2) is 15.6 Å². The second kappa shape index (κ2) is 7.61. The summed E-state index contributed by atoms with van der Waals surface area (Å²) < 4.78 is 79.8. The van der Waals surface area contributed by atoms with Crippen LogP contribution in [0.1, 0.15) is 58.9 Å². The van der Waals surface area contributed by atoms with E-state index in [1.807, 2.05) is 0 Å².